The van der Waals surface area contributed by atoms with Crippen molar-refractivity contribution >= 4 is 35.8 Å². The monoisotopic (exact) mass is 472 g/mol. The topological polar surface area (TPSA) is 183 Å². The van der Waals surface area contributed by atoms with Crippen molar-refractivity contribution in [2.75, 3.05) is 28.4 Å². The maximum Gasteiger partial charge on any atom is 0.360 e. The molecule has 0 unspecified atom stereocenters. The molecule has 0 aromatic rings. The summed E-state index contributed by atoms with van der Waals surface area (Å²) >= 11 is 0. The lowest BCUT2D eigenvalue weighted by atomic mass is 9.94. The Morgan fingerprint density at radius 1 is 0.727 bits per heavy atom. The largest absolute Gasteiger partial charge is 0.469 e. The molecule has 1 rings (SSSR count). The van der Waals surface area contributed by atoms with Crippen molar-refractivity contribution in [3.05, 3.63) is 11.3 Å². The Labute approximate surface area is 188 Å². The third-order valence-corrected chi connectivity index (χ3v) is 4.23. The van der Waals surface area contributed by atoms with Gasteiger partial charge in [0, 0.05) is 0 Å². The fourth-order valence-corrected chi connectivity index (χ4v) is 2.51. The van der Waals surface area contributed by atoms with Crippen molar-refractivity contribution in [1.29, 1.82) is 0 Å². The molecule has 33 heavy (non-hydrogen) atoms. The van der Waals surface area contributed by atoms with Crippen LogP contribution < -0.4 is 0 Å². The van der Waals surface area contributed by atoms with E-state index in [4.69, 9.17) is 9.47 Å². The summed E-state index contributed by atoms with van der Waals surface area (Å²) in [6.45, 7) is 2.82. The van der Waals surface area contributed by atoms with Crippen LogP contribution in [0.5, 0.6) is 0 Å². The van der Waals surface area contributed by atoms with Gasteiger partial charge in [0.05, 0.1) is 41.3 Å². The lowest BCUT2D eigenvalue weighted by Crippen LogP contribution is -2.36. The second kappa shape index (κ2) is 11.7. The Morgan fingerprint density at radius 3 is 1.55 bits per heavy atom. The van der Waals surface area contributed by atoms with E-state index in [9.17, 15) is 28.8 Å². The highest BCUT2D eigenvalue weighted by molar-refractivity contribution is 6.03. The molecule has 0 radical (unpaired) electrons. The molecule has 0 saturated heterocycles. The summed E-state index contributed by atoms with van der Waals surface area (Å²) in [7, 11) is 4.16. The zero-order valence-corrected chi connectivity index (χ0v) is 18.9. The number of hydrogen-bond acceptors (Lipinski definition) is 14. The molecule has 2 atom stereocenters. The molecule has 0 aliphatic carbocycles. The van der Waals surface area contributed by atoms with Gasteiger partial charge in [-0.3, -0.25) is 9.59 Å². The summed E-state index contributed by atoms with van der Waals surface area (Å²) < 4.78 is 28.0. The van der Waals surface area contributed by atoms with Gasteiger partial charge in [0.15, 0.2) is 5.70 Å². The molecular weight excluding hydrogens is 448 g/mol. The highest BCUT2D eigenvalue weighted by Crippen LogP contribution is 2.34. The summed E-state index contributed by atoms with van der Waals surface area (Å²) in [5, 5.41) is 7.44. The Bertz CT molecular complexity index is 889. The van der Waals surface area contributed by atoms with Crippen LogP contribution in [0.2, 0.25) is 0 Å². The molecular formula is C19H24N2O12. The van der Waals surface area contributed by atoms with E-state index in [0.29, 0.717) is 0 Å². The molecule has 14 nitrogen and oxygen atoms in total. The number of hydrogen-bond donors (Lipinski definition) is 0. The minimum absolute atomic E-state index is 0.423. The maximum atomic E-state index is 12.8. The van der Waals surface area contributed by atoms with Crippen LogP contribution in [0.1, 0.15) is 26.7 Å². The van der Waals surface area contributed by atoms with Crippen LogP contribution in [0.15, 0.2) is 21.5 Å². The summed E-state index contributed by atoms with van der Waals surface area (Å²) in [6.07, 6.45) is -4.69. The lowest BCUT2D eigenvalue weighted by molar-refractivity contribution is -0.168. The first-order valence-electron chi connectivity index (χ1n) is 9.30. The van der Waals surface area contributed by atoms with Gasteiger partial charge in [-0.25, -0.2) is 19.2 Å². The van der Waals surface area contributed by atoms with Crippen LogP contribution >= 0.6 is 0 Å². The van der Waals surface area contributed by atoms with Crippen molar-refractivity contribution in [3.8, 4) is 0 Å². The minimum Gasteiger partial charge on any atom is -0.469 e. The third-order valence-electron chi connectivity index (χ3n) is 4.23. The van der Waals surface area contributed by atoms with Crippen LogP contribution in [0.3, 0.4) is 0 Å². The average Bonchev–Trinajstić information content (AvgIpc) is 3.11. The molecule has 0 amide bonds. The van der Waals surface area contributed by atoms with E-state index in [1.54, 1.807) is 0 Å². The standard InChI is InChI=1S/C19H24N2O12/c1-19(2)13(17(26)32-9(15(24)30-5)7-11(22)28-3)14(20-21-19)18(27)33-10(16(25)31-6)8-12(23)29-4/h9-10H,7-8H2,1-6H3/t9-,10-/m0/s1. The molecule has 1 heterocycles. The molecule has 0 N–H and O–H groups in total. The maximum absolute atomic E-state index is 12.8. The van der Waals surface area contributed by atoms with Gasteiger partial charge in [-0.15, -0.1) is 5.11 Å². The zero-order valence-electron chi connectivity index (χ0n) is 18.9. The molecule has 0 aromatic carbocycles. The van der Waals surface area contributed by atoms with E-state index in [1.807, 2.05) is 0 Å². The molecule has 0 bridgehead atoms. The van der Waals surface area contributed by atoms with Crippen LogP contribution in [-0.4, -0.2) is 82.0 Å². The highest BCUT2D eigenvalue weighted by atomic mass is 16.6. The Hall–Kier alpha value is -3.84. The molecule has 1 aliphatic heterocycles. The lowest BCUT2D eigenvalue weighted by Gasteiger charge is -2.20. The van der Waals surface area contributed by atoms with E-state index in [-0.39, 0.29) is 0 Å². The number of azo groups is 1. The van der Waals surface area contributed by atoms with Gasteiger partial charge >= 0.3 is 35.8 Å². The molecule has 14 heteroatoms. The van der Waals surface area contributed by atoms with Gasteiger partial charge in [-0.2, -0.15) is 5.11 Å². The zero-order chi connectivity index (χ0) is 25.3. The Morgan fingerprint density at radius 2 is 1.15 bits per heavy atom. The van der Waals surface area contributed by atoms with Gasteiger partial charge in [-0.05, 0) is 13.8 Å². The third kappa shape index (κ3) is 7.08. The van der Waals surface area contributed by atoms with E-state index < -0.39 is 77.7 Å². The number of carbonyl (C=O) groups excluding carboxylic acids is 6. The van der Waals surface area contributed by atoms with E-state index in [2.05, 4.69) is 29.2 Å². The summed E-state index contributed by atoms with van der Waals surface area (Å²) in [5.41, 5.74) is -2.46. The Kier molecular flexibility index (Phi) is 9.63. The number of nitrogens with zero attached hydrogens (tertiary/aromatic N) is 2. The van der Waals surface area contributed by atoms with Crippen LogP contribution in [-0.2, 0) is 57.2 Å². The molecule has 1 aliphatic rings. The van der Waals surface area contributed by atoms with Gasteiger partial charge in [0.25, 0.3) is 0 Å². The van der Waals surface area contributed by atoms with E-state index in [1.165, 1.54) is 13.8 Å². The Balaban J connectivity index is 3.24. The molecule has 0 saturated carbocycles. The first-order chi connectivity index (χ1) is 15.4. The van der Waals surface area contributed by atoms with Crippen molar-refractivity contribution in [3.63, 3.8) is 0 Å². The highest BCUT2D eigenvalue weighted by Gasteiger charge is 2.43. The predicted molar refractivity (Wildman–Crippen MR) is 103 cm³/mol. The summed E-state index contributed by atoms with van der Waals surface area (Å²) in [5.74, 6) is -6.36. The van der Waals surface area contributed by atoms with Crippen LogP contribution in [0.25, 0.3) is 0 Å². The summed E-state index contributed by atoms with van der Waals surface area (Å²) in [6, 6.07) is 0. The quantitative estimate of drug-likeness (QED) is 0.301. The molecule has 0 aromatic heterocycles. The number of carbonyl (C=O) groups is 6. The average molecular weight is 472 g/mol. The summed E-state index contributed by atoms with van der Waals surface area (Å²) in [4.78, 5) is 72.4. The number of rotatable bonds is 10. The second-order valence-corrected chi connectivity index (χ2v) is 6.88. The first kappa shape index (κ1) is 27.2. The van der Waals surface area contributed by atoms with Crippen molar-refractivity contribution in [2.24, 2.45) is 10.2 Å². The van der Waals surface area contributed by atoms with Gasteiger partial charge < -0.3 is 28.4 Å². The smallest absolute Gasteiger partial charge is 0.360 e. The van der Waals surface area contributed by atoms with Crippen LogP contribution in [0, 0.1) is 0 Å². The number of methoxy groups -OCH3 is 4. The predicted octanol–water partition coefficient (Wildman–Crippen LogP) is -0.219. The van der Waals surface area contributed by atoms with E-state index >= 15 is 0 Å². The van der Waals surface area contributed by atoms with Crippen molar-refractivity contribution in [1.82, 2.24) is 0 Å². The van der Waals surface area contributed by atoms with Gasteiger partial charge in [-0.1, -0.05) is 0 Å². The SMILES string of the molecule is COC(=O)C[C@H](OC(=O)C1=C(C(=O)O[C@@H](CC(=O)OC)C(=O)OC)C(C)(C)N=N1)C(=O)OC. The molecule has 0 fully saturated rings. The number of esters is 6. The van der Waals surface area contributed by atoms with Gasteiger partial charge in [0.1, 0.15) is 11.1 Å². The van der Waals surface area contributed by atoms with E-state index in [0.717, 1.165) is 28.4 Å². The fraction of sp³-hybridized carbons (Fsp3) is 0.579. The normalized spacial score (nSPS) is 15.7. The second-order valence-electron chi connectivity index (χ2n) is 6.88. The molecule has 182 valence electrons. The number of ether oxygens (including phenoxy) is 6. The van der Waals surface area contributed by atoms with Crippen molar-refractivity contribution < 1.29 is 57.2 Å². The minimum atomic E-state index is -1.69. The van der Waals surface area contributed by atoms with Crippen LogP contribution in [0.4, 0.5) is 0 Å². The first-order valence-corrected chi connectivity index (χ1v) is 9.30. The molecule has 0 spiro atoms. The van der Waals surface area contributed by atoms with Crippen molar-refractivity contribution in [2.45, 2.75) is 44.4 Å². The van der Waals surface area contributed by atoms with Gasteiger partial charge in [0.2, 0.25) is 12.2 Å². The fourth-order valence-electron chi connectivity index (χ4n) is 2.51.